The topological polar surface area (TPSA) is 202 Å². The number of benzene rings is 2. The minimum Gasteiger partial charge on any atom is -0.497 e. The van der Waals surface area contributed by atoms with Gasteiger partial charge in [0.25, 0.3) is 5.91 Å². The summed E-state index contributed by atoms with van der Waals surface area (Å²) in [6.07, 6.45) is 4.33. The van der Waals surface area contributed by atoms with E-state index in [1.54, 1.807) is 39.0 Å². The number of anilines is 1. The van der Waals surface area contributed by atoms with Crippen LogP contribution in [0.25, 0.3) is 0 Å². The van der Waals surface area contributed by atoms with Gasteiger partial charge in [-0.1, -0.05) is 49.3 Å². The summed E-state index contributed by atoms with van der Waals surface area (Å²) in [6.45, 7) is 5.65. The maximum Gasteiger partial charge on any atom is 0.410 e. The molecule has 56 heavy (non-hydrogen) atoms. The molecule has 2 aromatic carbocycles. The third-order valence-corrected chi connectivity index (χ3v) is 11.2. The Morgan fingerprint density at radius 2 is 1.66 bits per heavy atom. The molecular formula is C39H50N6O10S. The van der Waals surface area contributed by atoms with Crippen molar-refractivity contribution < 1.29 is 46.6 Å². The van der Waals surface area contributed by atoms with E-state index in [0.29, 0.717) is 31.7 Å². The third-order valence-electron chi connectivity index (χ3n) is 10.3. The summed E-state index contributed by atoms with van der Waals surface area (Å²) in [4.78, 5) is 71.8. The first-order valence-electron chi connectivity index (χ1n) is 18.9. The van der Waals surface area contributed by atoms with E-state index >= 15 is 0 Å². The van der Waals surface area contributed by atoms with Gasteiger partial charge in [0.1, 0.15) is 35.1 Å². The molecule has 1 saturated heterocycles. The lowest BCUT2D eigenvalue weighted by molar-refractivity contribution is -0.141. The molecule has 5 atom stereocenters. The predicted octanol–water partition coefficient (Wildman–Crippen LogP) is 3.88. The number of nitrogens with zero attached hydrogens (tertiary/aromatic N) is 2. The summed E-state index contributed by atoms with van der Waals surface area (Å²) >= 11 is 0. The highest BCUT2D eigenvalue weighted by atomic mass is 32.2. The fourth-order valence-electron chi connectivity index (χ4n) is 7.35. The minimum atomic E-state index is -4.45. The number of fused-ring (bicyclic) bond motifs is 3. The number of hydrogen-bond acceptors (Lipinski definition) is 10. The molecule has 0 spiro atoms. The van der Waals surface area contributed by atoms with E-state index in [4.69, 9.17) is 14.2 Å². The van der Waals surface area contributed by atoms with Crippen molar-refractivity contribution in [1.29, 1.82) is 0 Å². The van der Waals surface area contributed by atoms with Crippen LogP contribution < -0.4 is 24.8 Å². The summed E-state index contributed by atoms with van der Waals surface area (Å²) in [5.74, 6) is -2.30. The molecule has 1 aliphatic carbocycles. The number of carbonyl (C=O) groups excluding carboxylic acids is 5. The highest BCUT2D eigenvalue weighted by Crippen LogP contribution is 2.46. The van der Waals surface area contributed by atoms with Crippen LogP contribution >= 0.6 is 0 Å². The lowest BCUT2D eigenvalue weighted by Crippen LogP contribution is -2.58. The van der Waals surface area contributed by atoms with Crippen LogP contribution in [0.15, 0.2) is 60.7 Å². The number of methoxy groups -OCH3 is 1. The number of allylic oxidation sites excluding steroid dienone is 1. The molecule has 0 unspecified atom stereocenters. The van der Waals surface area contributed by atoms with Crippen molar-refractivity contribution in [3.63, 3.8) is 0 Å². The largest absolute Gasteiger partial charge is 0.497 e. The second-order valence-corrected chi connectivity index (χ2v) is 17.1. The number of nitrogens with one attached hydrogen (secondary N) is 4. The van der Waals surface area contributed by atoms with E-state index in [-0.39, 0.29) is 31.5 Å². The van der Waals surface area contributed by atoms with Crippen molar-refractivity contribution in [3.8, 4) is 5.75 Å². The molecule has 2 fully saturated rings. The lowest BCUT2D eigenvalue weighted by atomic mass is 10.0. The molecule has 3 heterocycles. The first-order valence-corrected chi connectivity index (χ1v) is 20.3. The normalized spacial score (nSPS) is 25.3. The van der Waals surface area contributed by atoms with Crippen molar-refractivity contribution in [2.45, 2.75) is 108 Å². The average Bonchev–Trinajstić information content (AvgIpc) is 3.43. The van der Waals surface area contributed by atoms with Gasteiger partial charge >= 0.3 is 22.4 Å². The maximum atomic E-state index is 14.4. The number of hydrogen-bond donors (Lipinski definition) is 4. The van der Waals surface area contributed by atoms with E-state index < -0.39 is 75.4 Å². The van der Waals surface area contributed by atoms with E-state index in [1.165, 1.54) is 29.0 Å². The van der Waals surface area contributed by atoms with Gasteiger partial charge in [-0.3, -0.25) is 24.0 Å². The molecule has 302 valence electrons. The molecule has 0 aromatic heterocycles. The maximum absolute atomic E-state index is 14.4. The van der Waals surface area contributed by atoms with E-state index in [1.807, 2.05) is 30.3 Å². The summed E-state index contributed by atoms with van der Waals surface area (Å²) in [5, 5.41) is 5.48. The van der Waals surface area contributed by atoms with Gasteiger partial charge in [-0.2, -0.15) is 8.42 Å². The first-order chi connectivity index (χ1) is 26.6. The SMILES string of the molecule is COc1ccc(NS(=O)(=O)NC(=O)[C@@]23C[C@H]2C=CCCCCC[C@H](NC(=O)OC(C)(C)C)C(=O)N2C[C@H](OC(=O)N4Cc5ccccc5C4)C[C@H]2C(=O)N3)cc1. The number of carbonyl (C=O) groups is 5. The third kappa shape index (κ3) is 9.72. The van der Waals surface area contributed by atoms with Crippen molar-refractivity contribution in [1.82, 2.24) is 25.2 Å². The molecule has 4 aliphatic rings. The molecule has 0 radical (unpaired) electrons. The molecule has 2 aromatic rings. The summed E-state index contributed by atoms with van der Waals surface area (Å²) in [7, 11) is -2.98. The van der Waals surface area contributed by atoms with Crippen LogP contribution in [0.4, 0.5) is 15.3 Å². The van der Waals surface area contributed by atoms with Crippen molar-refractivity contribution in [2.24, 2.45) is 5.92 Å². The Morgan fingerprint density at radius 3 is 2.32 bits per heavy atom. The van der Waals surface area contributed by atoms with Gasteiger partial charge in [0.15, 0.2) is 0 Å². The van der Waals surface area contributed by atoms with Crippen molar-refractivity contribution in [3.05, 3.63) is 71.8 Å². The Kier molecular flexibility index (Phi) is 11.8. The summed E-state index contributed by atoms with van der Waals surface area (Å²) < 4.78 is 47.2. The smallest absolute Gasteiger partial charge is 0.410 e. The van der Waals surface area contributed by atoms with Crippen LogP contribution in [0, 0.1) is 5.92 Å². The van der Waals surface area contributed by atoms with E-state index in [9.17, 15) is 32.4 Å². The van der Waals surface area contributed by atoms with Gasteiger partial charge in [-0.05, 0) is 81.8 Å². The molecule has 17 heteroatoms. The molecule has 4 N–H and O–H groups in total. The zero-order chi connectivity index (χ0) is 40.3. The predicted molar refractivity (Wildman–Crippen MR) is 204 cm³/mol. The number of alkyl carbamates (subject to hydrolysis) is 1. The van der Waals surface area contributed by atoms with Gasteiger partial charge in [0.2, 0.25) is 11.8 Å². The Hall–Kier alpha value is -5.32. The van der Waals surface area contributed by atoms with Crippen LogP contribution in [0.1, 0.15) is 76.8 Å². The first kappa shape index (κ1) is 40.3. The standard InChI is InChI=1S/C39H50N6O10S/c1-38(2,3)55-36(49)40-31-15-9-7-5-6-8-14-27-21-39(27,35(48)43-56(51,52)42-28-16-18-29(53-4)19-17-28)41-33(46)32-20-30(24-45(32)34(31)47)54-37(50)44-22-25-12-10-11-13-26(25)23-44/h8,10-14,16-19,27,30-32,42H,5-7,9,15,20-24H2,1-4H3,(H,40,49)(H,41,46)(H,43,48)/t27-,30-,31+,32+,39-/m1/s1. The van der Waals surface area contributed by atoms with Gasteiger partial charge in [-0.25, -0.2) is 14.3 Å². The quantitative estimate of drug-likeness (QED) is 0.298. The monoisotopic (exact) mass is 794 g/mol. The Bertz CT molecular complexity index is 1940. The summed E-state index contributed by atoms with van der Waals surface area (Å²) in [6, 6.07) is 11.4. The zero-order valence-corrected chi connectivity index (χ0v) is 32.9. The highest BCUT2D eigenvalue weighted by molar-refractivity contribution is 7.91. The molecule has 6 rings (SSSR count). The molecule has 1 saturated carbocycles. The second kappa shape index (κ2) is 16.4. The average molecular weight is 795 g/mol. The van der Waals surface area contributed by atoms with E-state index in [2.05, 4.69) is 20.1 Å². The van der Waals surface area contributed by atoms with Crippen LogP contribution in [0.2, 0.25) is 0 Å². The van der Waals surface area contributed by atoms with Crippen LogP contribution in [0.5, 0.6) is 5.75 Å². The highest BCUT2D eigenvalue weighted by Gasteiger charge is 2.61. The number of ether oxygens (including phenoxy) is 3. The van der Waals surface area contributed by atoms with Gasteiger partial charge in [-0.15, -0.1) is 0 Å². The van der Waals surface area contributed by atoms with Crippen LogP contribution in [-0.2, 0) is 47.2 Å². The lowest BCUT2D eigenvalue weighted by Gasteiger charge is -2.30. The molecular weight excluding hydrogens is 745 g/mol. The molecule has 3 aliphatic heterocycles. The van der Waals surface area contributed by atoms with Crippen molar-refractivity contribution >= 4 is 45.8 Å². The Labute approximate surface area is 326 Å². The van der Waals surface area contributed by atoms with E-state index in [0.717, 1.165) is 24.0 Å². The van der Waals surface area contributed by atoms with Gasteiger partial charge in [0.05, 0.1) is 19.3 Å². The number of amides is 5. The van der Waals surface area contributed by atoms with Gasteiger partial charge in [0, 0.05) is 25.4 Å². The van der Waals surface area contributed by atoms with Gasteiger partial charge < -0.3 is 29.7 Å². The fourth-order valence-corrected chi connectivity index (χ4v) is 8.27. The van der Waals surface area contributed by atoms with Crippen LogP contribution in [0.3, 0.4) is 0 Å². The van der Waals surface area contributed by atoms with Crippen molar-refractivity contribution in [2.75, 3.05) is 18.4 Å². The Balaban J connectivity index is 1.24. The zero-order valence-electron chi connectivity index (χ0n) is 32.0. The fraction of sp³-hybridized carbons (Fsp3) is 0.513. The number of rotatable bonds is 7. The van der Waals surface area contributed by atoms with Crippen LogP contribution in [-0.4, -0.2) is 91.1 Å². The molecule has 16 nitrogen and oxygen atoms in total. The summed E-state index contributed by atoms with van der Waals surface area (Å²) in [5.41, 5.74) is -0.326. The molecule has 0 bridgehead atoms. The molecule has 5 amide bonds. The second-order valence-electron chi connectivity index (χ2n) is 15.7. The Morgan fingerprint density at radius 1 is 0.964 bits per heavy atom. The minimum absolute atomic E-state index is 0.0984.